The molecular weight excluding hydrogens is 246 g/mol. The molecule has 1 amide bonds. The van der Waals surface area contributed by atoms with E-state index in [9.17, 15) is 14.7 Å². The molecular formula is C13H17N3O3. The Morgan fingerprint density at radius 1 is 1.53 bits per heavy atom. The van der Waals surface area contributed by atoms with Crippen molar-refractivity contribution in [2.45, 2.75) is 25.8 Å². The van der Waals surface area contributed by atoms with Crippen molar-refractivity contribution in [1.82, 2.24) is 9.88 Å². The fraction of sp³-hybridized carbons (Fsp3) is 0.462. The van der Waals surface area contributed by atoms with Gasteiger partial charge in [0.1, 0.15) is 6.04 Å². The van der Waals surface area contributed by atoms with Crippen LogP contribution in [-0.4, -0.2) is 39.5 Å². The second kappa shape index (κ2) is 5.26. The normalized spacial score (nSPS) is 23.1. The predicted molar refractivity (Wildman–Crippen MR) is 69.5 cm³/mol. The van der Waals surface area contributed by atoms with Crippen LogP contribution >= 0.6 is 0 Å². The number of nitrogen functional groups attached to an aromatic ring is 1. The third-order valence-corrected chi connectivity index (χ3v) is 3.49. The summed E-state index contributed by atoms with van der Waals surface area (Å²) in [5.41, 5.74) is 6.13. The van der Waals surface area contributed by atoms with Crippen LogP contribution in [0.2, 0.25) is 0 Å². The number of amides is 1. The van der Waals surface area contributed by atoms with Crippen molar-refractivity contribution < 1.29 is 14.7 Å². The Balaban J connectivity index is 2.31. The molecule has 1 fully saturated rings. The van der Waals surface area contributed by atoms with Gasteiger partial charge in [0.05, 0.1) is 5.69 Å². The minimum absolute atomic E-state index is 0.0693. The van der Waals surface area contributed by atoms with E-state index in [-0.39, 0.29) is 17.3 Å². The number of rotatable bonds is 2. The number of anilines is 1. The van der Waals surface area contributed by atoms with Gasteiger partial charge in [0.2, 0.25) is 0 Å². The summed E-state index contributed by atoms with van der Waals surface area (Å²) in [6.45, 7) is 2.27. The SMILES string of the molecule is CC1CCCN(C(=O)c2ncccc2N)C1C(=O)O. The summed E-state index contributed by atoms with van der Waals surface area (Å²) in [6, 6.07) is 2.42. The number of aliphatic carboxylic acids is 1. The van der Waals surface area contributed by atoms with Crippen LogP contribution in [0.1, 0.15) is 30.3 Å². The van der Waals surface area contributed by atoms with E-state index in [1.165, 1.54) is 11.1 Å². The average molecular weight is 263 g/mol. The van der Waals surface area contributed by atoms with Crippen LogP contribution in [0.3, 0.4) is 0 Å². The third-order valence-electron chi connectivity index (χ3n) is 3.49. The molecule has 1 aliphatic rings. The van der Waals surface area contributed by atoms with E-state index in [1.54, 1.807) is 12.1 Å². The van der Waals surface area contributed by atoms with Gasteiger partial charge in [0.15, 0.2) is 5.69 Å². The fourth-order valence-electron chi connectivity index (χ4n) is 2.52. The Morgan fingerprint density at radius 2 is 2.26 bits per heavy atom. The number of carboxylic acids is 1. The Hall–Kier alpha value is -2.11. The smallest absolute Gasteiger partial charge is 0.326 e. The molecule has 0 bridgehead atoms. The number of carboxylic acid groups (broad SMARTS) is 1. The Morgan fingerprint density at radius 3 is 2.89 bits per heavy atom. The second-order valence-corrected chi connectivity index (χ2v) is 4.84. The highest BCUT2D eigenvalue weighted by Crippen LogP contribution is 2.25. The van der Waals surface area contributed by atoms with E-state index in [0.717, 1.165) is 12.8 Å². The van der Waals surface area contributed by atoms with Crippen LogP contribution in [0, 0.1) is 5.92 Å². The lowest BCUT2D eigenvalue weighted by Gasteiger charge is -2.37. The van der Waals surface area contributed by atoms with Gasteiger partial charge in [-0.15, -0.1) is 0 Å². The lowest BCUT2D eigenvalue weighted by Crippen LogP contribution is -2.52. The first-order chi connectivity index (χ1) is 9.02. The molecule has 2 unspecified atom stereocenters. The Kier molecular flexibility index (Phi) is 3.69. The van der Waals surface area contributed by atoms with Gasteiger partial charge in [-0.25, -0.2) is 9.78 Å². The molecule has 1 aliphatic heterocycles. The standard InChI is InChI=1S/C13H17N3O3/c1-8-4-3-7-16(11(8)13(18)19)12(17)10-9(14)5-2-6-15-10/h2,5-6,8,11H,3-4,7,14H2,1H3,(H,18,19). The van der Waals surface area contributed by atoms with E-state index in [2.05, 4.69) is 4.98 Å². The van der Waals surface area contributed by atoms with Gasteiger partial charge in [0, 0.05) is 12.7 Å². The lowest BCUT2D eigenvalue weighted by atomic mass is 9.90. The molecule has 6 heteroatoms. The number of pyridine rings is 1. The van der Waals surface area contributed by atoms with Crippen molar-refractivity contribution in [1.29, 1.82) is 0 Å². The third kappa shape index (κ3) is 2.52. The minimum atomic E-state index is -0.977. The Labute approximate surface area is 111 Å². The largest absolute Gasteiger partial charge is 0.480 e. The van der Waals surface area contributed by atoms with E-state index >= 15 is 0 Å². The summed E-state index contributed by atoms with van der Waals surface area (Å²) in [7, 11) is 0. The first-order valence-corrected chi connectivity index (χ1v) is 6.26. The van der Waals surface area contributed by atoms with Crippen LogP contribution in [0.15, 0.2) is 18.3 Å². The van der Waals surface area contributed by atoms with Crippen LogP contribution in [0.5, 0.6) is 0 Å². The quantitative estimate of drug-likeness (QED) is 0.829. The molecule has 2 heterocycles. The second-order valence-electron chi connectivity index (χ2n) is 4.84. The molecule has 0 spiro atoms. The summed E-state index contributed by atoms with van der Waals surface area (Å²) in [5.74, 6) is -1.45. The van der Waals surface area contributed by atoms with Crippen LogP contribution in [0.25, 0.3) is 0 Å². The summed E-state index contributed by atoms with van der Waals surface area (Å²) in [4.78, 5) is 29.1. The molecule has 0 aliphatic carbocycles. The van der Waals surface area contributed by atoms with Crippen molar-refractivity contribution in [3.05, 3.63) is 24.0 Å². The first-order valence-electron chi connectivity index (χ1n) is 6.26. The predicted octanol–water partition coefficient (Wildman–Crippen LogP) is 0.989. The van der Waals surface area contributed by atoms with Gasteiger partial charge in [-0.3, -0.25) is 4.79 Å². The fourth-order valence-corrected chi connectivity index (χ4v) is 2.52. The molecule has 0 saturated carbocycles. The zero-order chi connectivity index (χ0) is 14.0. The topological polar surface area (TPSA) is 96.5 Å². The number of carbonyl (C=O) groups is 2. The van der Waals surface area contributed by atoms with Crippen molar-refractivity contribution in [2.24, 2.45) is 5.92 Å². The monoisotopic (exact) mass is 263 g/mol. The molecule has 0 radical (unpaired) electrons. The van der Waals surface area contributed by atoms with Gasteiger partial charge in [-0.1, -0.05) is 6.92 Å². The molecule has 1 aromatic rings. The van der Waals surface area contributed by atoms with E-state index in [0.29, 0.717) is 6.54 Å². The molecule has 0 aromatic carbocycles. The summed E-state index contributed by atoms with van der Waals surface area (Å²) in [5, 5.41) is 9.30. The van der Waals surface area contributed by atoms with E-state index < -0.39 is 17.9 Å². The van der Waals surface area contributed by atoms with Crippen molar-refractivity contribution >= 4 is 17.6 Å². The number of hydrogen-bond acceptors (Lipinski definition) is 4. The number of nitrogens with two attached hydrogens (primary N) is 1. The number of piperidine rings is 1. The zero-order valence-corrected chi connectivity index (χ0v) is 10.7. The number of carbonyl (C=O) groups excluding carboxylic acids is 1. The van der Waals surface area contributed by atoms with Crippen LogP contribution < -0.4 is 5.73 Å². The maximum Gasteiger partial charge on any atom is 0.326 e. The van der Waals surface area contributed by atoms with Gasteiger partial charge in [-0.2, -0.15) is 0 Å². The summed E-state index contributed by atoms with van der Waals surface area (Å²) < 4.78 is 0. The molecule has 1 saturated heterocycles. The van der Waals surface area contributed by atoms with Gasteiger partial charge < -0.3 is 15.7 Å². The number of hydrogen-bond donors (Lipinski definition) is 2. The highest BCUT2D eigenvalue weighted by atomic mass is 16.4. The summed E-state index contributed by atoms with van der Waals surface area (Å²) >= 11 is 0. The van der Waals surface area contributed by atoms with Crippen LogP contribution in [0.4, 0.5) is 5.69 Å². The van der Waals surface area contributed by atoms with Crippen molar-refractivity contribution in [2.75, 3.05) is 12.3 Å². The van der Waals surface area contributed by atoms with E-state index in [1.807, 2.05) is 6.92 Å². The summed E-state index contributed by atoms with van der Waals surface area (Å²) in [6.07, 6.45) is 3.08. The van der Waals surface area contributed by atoms with Crippen LogP contribution in [-0.2, 0) is 4.79 Å². The molecule has 1 aromatic heterocycles. The molecule has 102 valence electrons. The molecule has 19 heavy (non-hydrogen) atoms. The van der Waals surface area contributed by atoms with Crippen molar-refractivity contribution in [3.63, 3.8) is 0 Å². The van der Waals surface area contributed by atoms with E-state index in [4.69, 9.17) is 5.73 Å². The molecule has 2 rings (SSSR count). The Bertz CT molecular complexity index is 504. The van der Waals surface area contributed by atoms with Gasteiger partial charge in [-0.05, 0) is 30.9 Å². The average Bonchev–Trinajstić information content (AvgIpc) is 2.37. The highest BCUT2D eigenvalue weighted by molar-refractivity contribution is 5.99. The molecule has 2 atom stereocenters. The number of nitrogens with zero attached hydrogens (tertiary/aromatic N) is 2. The number of likely N-dealkylation sites (tertiary alicyclic amines) is 1. The highest BCUT2D eigenvalue weighted by Gasteiger charge is 2.38. The molecule has 6 nitrogen and oxygen atoms in total. The maximum absolute atomic E-state index is 12.4. The van der Waals surface area contributed by atoms with Gasteiger partial charge >= 0.3 is 5.97 Å². The zero-order valence-electron chi connectivity index (χ0n) is 10.7. The maximum atomic E-state index is 12.4. The number of aromatic nitrogens is 1. The van der Waals surface area contributed by atoms with Gasteiger partial charge in [0.25, 0.3) is 5.91 Å². The minimum Gasteiger partial charge on any atom is -0.480 e. The van der Waals surface area contributed by atoms with Crippen molar-refractivity contribution in [3.8, 4) is 0 Å². The first kappa shape index (κ1) is 13.3. The molecule has 3 N–H and O–H groups in total. The lowest BCUT2D eigenvalue weighted by molar-refractivity contribution is -0.145.